The molecular formula is C21H16N4O2S. The minimum atomic E-state index is -0.229. The van der Waals surface area contributed by atoms with Crippen LogP contribution in [0, 0.1) is 0 Å². The van der Waals surface area contributed by atoms with Crippen LogP contribution in [0.25, 0.3) is 10.9 Å². The Morgan fingerprint density at radius 3 is 2.61 bits per heavy atom. The summed E-state index contributed by atoms with van der Waals surface area (Å²) in [5.74, 6) is -0.420. The van der Waals surface area contributed by atoms with Gasteiger partial charge in [0.15, 0.2) is 5.13 Å². The molecule has 0 fully saturated rings. The molecule has 0 aliphatic heterocycles. The van der Waals surface area contributed by atoms with E-state index in [4.69, 9.17) is 0 Å². The van der Waals surface area contributed by atoms with Crippen molar-refractivity contribution < 1.29 is 9.59 Å². The van der Waals surface area contributed by atoms with Gasteiger partial charge in [-0.25, -0.2) is 4.98 Å². The van der Waals surface area contributed by atoms with Gasteiger partial charge in [0.2, 0.25) is 5.91 Å². The number of thiazole rings is 1. The lowest BCUT2D eigenvalue weighted by molar-refractivity contribution is -0.115. The first kappa shape index (κ1) is 17.8. The van der Waals surface area contributed by atoms with Crippen LogP contribution in [0.1, 0.15) is 16.1 Å². The molecule has 0 saturated carbocycles. The van der Waals surface area contributed by atoms with Crippen LogP contribution in [-0.4, -0.2) is 21.8 Å². The second-order valence-corrected chi connectivity index (χ2v) is 6.96. The fourth-order valence-electron chi connectivity index (χ4n) is 2.71. The zero-order chi connectivity index (χ0) is 19.3. The Bertz CT molecular complexity index is 1140. The summed E-state index contributed by atoms with van der Waals surface area (Å²) in [4.78, 5) is 33.1. The molecule has 0 aliphatic rings. The molecule has 28 heavy (non-hydrogen) atoms. The zero-order valence-electron chi connectivity index (χ0n) is 14.8. The summed E-state index contributed by atoms with van der Waals surface area (Å²) in [7, 11) is 0. The van der Waals surface area contributed by atoms with Crippen LogP contribution in [0.15, 0.2) is 72.2 Å². The Hall–Kier alpha value is -3.58. The smallest absolute Gasteiger partial charge is 0.257 e. The van der Waals surface area contributed by atoms with Crippen molar-refractivity contribution in [3.8, 4) is 0 Å². The standard InChI is InChI=1S/C21H16N4O2S/c26-19(23-16-10-15-8-4-5-9-18(15)22-12-16)11-17-13-28-21(24-17)25-20(27)14-6-2-1-3-7-14/h1-10,12-13H,11H2,(H,23,26)(H,24,25,27). The Balaban J connectivity index is 1.37. The predicted octanol–water partition coefficient (Wildman–Crippen LogP) is 4.12. The molecule has 2 N–H and O–H groups in total. The van der Waals surface area contributed by atoms with Crippen molar-refractivity contribution in [2.45, 2.75) is 6.42 Å². The van der Waals surface area contributed by atoms with E-state index in [9.17, 15) is 9.59 Å². The molecule has 0 saturated heterocycles. The van der Waals surface area contributed by atoms with Crippen molar-refractivity contribution in [1.29, 1.82) is 0 Å². The van der Waals surface area contributed by atoms with E-state index in [1.54, 1.807) is 35.8 Å². The first-order valence-corrected chi connectivity index (χ1v) is 9.51. The topological polar surface area (TPSA) is 84.0 Å². The highest BCUT2D eigenvalue weighted by Crippen LogP contribution is 2.19. The first-order valence-electron chi connectivity index (χ1n) is 8.63. The Morgan fingerprint density at radius 2 is 1.75 bits per heavy atom. The SMILES string of the molecule is O=C(Cc1csc(NC(=O)c2ccccc2)n1)Nc1cnc2ccccc2c1. The summed E-state index contributed by atoms with van der Waals surface area (Å²) in [6, 6.07) is 18.5. The zero-order valence-corrected chi connectivity index (χ0v) is 15.6. The number of anilines is 2. The number of fused-ring (bicyclic) bond motifs is 1. The second-order valence-electron chi connectivity index (χ2n) is 6.11. The average Bonchev–Trinajstić information content (AvgIpc) is 3.15. The number of benzene rings is 2. The summed E-state index contributed by atoms with van der Waals surface area (Å²) in [5, 5.41) is 8.77. The van der Waals surface area contributed by atoms with Gasteiger partial charge in [0.05, 0.1) is 29.5 Å². The lowest BCUT2D eigenvalue weighted by Crippen LogP contribution is -2.15. The third-order valence-electron chi connectivity index (χ3n) is 4.02. The molecule has 0 spiro atoms. The Kier molecular flexibility index (Phi) is 5.07. The number of carbonyl (C=O) groups is 2. The van der Waals surface area contributed by atoms with Crippen LogP contribution in [0.5, 0.6) is 0 Å². The van der Waals surface area contributed by atoms with Gasteiger partial charge >= 0.3 is 0 Å². The van der Waals surface area contributed by atoms with E-state index in [1.165, 1.54) is 11.3 Å². The number of nitrogens with one attached hydrogen (secondary N) is 2. The molecule has 0 radical (unpaired) electrons. The van der Waals surface area contributed by atoms with Crippen LogP contribution in [0.3, 0.4) is 0 Å². The van der Waals surface area contributed by atoms with Crippen LogP contribution < -0.4 is 10.6 Å². The molecule has 4 aromatic rings. The number of hydrogen-bond acceptors (Lipinski definition) is 5. The van der Waals surface area contributed by atoms with Crippen LogP contribution >= 0.6 is 11.3 Å². The maximum absolute atomic E-state index is 12.3. The molecule has 0 atom stereocenters. The lowest BCUT2D eigenvalue weighted by atomic mass is 10.2. The fourth-order valence-corrected chi connectivity index (χ4v) is 3.42. The van der Waals surface area contributed by atoms with E-state index in [-0.39, 0.29) is 18.2 Å². The molecule has 0 bridgehead atoms. The Morgan fingerprint density at radius 1 is 0.964 bits per heavy atom. The molecule has 2 aromatic heterocycles. The molecule has 0 aliphatic carbocycles. The first-order chi connectivity index (χ1) is 13.7. The van der Waals surface area contributed by atoms with Gasteiger partial charge in [0.25, 0.3) is 5.91 Å². The highest BCUT2D eigenvalue weighted by molar-refractivity contribution is 7.14. The number of carbonyl (C=O) groups excluding carboxylic acids is 2. The van der Waals surface area contributed by atoms with Crippen LogP contribution in [0.2, 0.25) is 0 Å². The molecule has 7 heteroatoms. The van der Waals surface area contributed by atoms with Crippen molar-refractivity contribution in [3.63, 3.8) is 0 Å². The van der Waals surface area contributed by atoms with Gasteiger partial charge in [-0.05, 0) is 24.3 Å². The van der Waals surface area contributed by atoms with Gasteiger partial charge in [0.1, 0.15) is 0 Å². The summed E-state index contributed by atoms with van der Waals surface area (Å²) in [6.07, 6.45) is 1.75. The molecule has 6 nitrogen and oxygen atoms in total. The largest absolute Gasteiger partial charge is 0.324 e. The van der Waals surface area contributed by atoms with Crippen molar-refractivity contribution in [1.82, 2.24) is 9.97 Å². The molecule has 2 aromatic carbocycles. The van der Waals surface area contributed by atoms with E-state index < -0.39 is 0 Å². The maximum Gasteiger partial charge on any atom is 0.257 e. The Labute approximate surface area is 165 Å². The van der Waals surface area contributed by atoms with Crippen molar-refractivity contribution in [3.05, 3.63) is 83.5 Å². The van der Waals surface area contributed by atoms with Crippen molar-refractivity contribution in [2.75, 3.05) is 10.6 Å². The molecule has 4 rings (SSSR count). The summed E-state index contributed by atoms with van der Waals surface area (Å²) < 4.78 is 0. The van der Waals surface area contributed by atoms with E-state index in [1.807, 2.05) is 36.4 Å². The van der Waals surface area contributed by atoms with E-state index in [0.29, 0.717) is 22.1 Å². The van der Waals surface area contributed by atoms with Gasteiger partial charge in [-0.3, -0.25) is 19.9 Å². The predicted molar refractivity (Wildman–Crippen MR) is 111 cm³/mol. The fraction of sp³-hybridized carbons (Fsp3) is 0.0476. The normalized spacial score (nSPS) is 10.6. The van der Waals surface area contributed by atoms with Gasteiger partial charge in [-0.15, -0.1) is 11.3 Å². The highest BCUT2D eigenvalue weighted by Gasteiger charge is 2.11. The van der Waals surface area contributed by atoms with Gasteiger partial charge in [0, 0.05) is 16.3 Å². The van der Waals surface area contributed by atoms with Crippen LogP contribution in [0.4, 0.5) is 10.8 Å². The molecule has 138 valence electrons. The number of hydrogen-bond donors (Lipinski definition) is 2. The lowest BCUT2D eigenvalue weighted by Gasteiger charge is -2.05. The maximum atomic E-state index is 12.3. The molecule has 0 unspecified atom stereocenters. The molecular weight excluding hydrogens is 372 g/mol. The summed E-state index contributed by atoms with van der Waals surface area (Å²) in [5.41, 5.74) is 2.66. The minimum absolute atomic E-state index is 0.116. The third kappa shape index (κ3) is 4.21. The number of para-hydroxylation sites is 1. The van der Waals surface area contributed by atoms with Crippen molar-refractivity contribution >= 4 is 44.9 Å². The van der Waals surface area contributed by atoms with Gasteiger partial charge in [-0.2, -0.15) is 0 Å². The van der Waals surface area contributed by atoms with Crippen molar-refractivity contribution in [2.24, 2.45) is 0 Å². The average molecular weight is 388 g/mol. The number of amides is 2. The highest BCUT2D eigenvalue weighted by atomic mass is 32.1. The minimum Gasteiger partial charge on any atom is -0.324 e. The summed E-state index contributed by atoms with van der Waals surface area (Å²) in [6.45, 7) is 0. The number of rotatable bonds is 5. The molecule has 2 heterocycles. The second kappa shape index (κ2) is 7.98. The number of pyridine rings is 1. The molecule has 2 amide bonds. The number of nitrogens with zero attached hydrogens (tertiary/aromatic N) is 2. The van der Waals surface area contributed by atoms with E-state index in [2.05, 4.69) is 20.6 Å². The van der Waals surface area contributed by atoms with E-state index >= 15 is 0 Å². The van der Waals surface area contributed by atoms with Gasteiger partial charge < -0.3 is 5.32 Å². The van der Waals surface area contributed by atoms with E-state index in [0.717, 1.165) is 10.9 Å². The quantitative estimate of drug-likeness (QED) is 0.539. The van der Waals surface area contributed by atoms with Gasteiger partial charge in [-0.1, -0.05) is 36.4 Å². The third-order valence-corrected chi connectivity index (χ3v) is 4.83. The monoisotopic (exact) mass is 388 g/mol. The van der Waals surface area contributed by atoms with Crippen LogP contribution in [-0.2, 0) is 11.2 Å². The summed E-state index contributed by atoms with van der Waals surface area (Å²) >= 11 is 1.29. The number of aromatic nitrogens is 2.